The zero-order valence-corrected chi connectivity index (χ0v) is 19.2. The Balaban J connectivity index is 1.63. The van der Waals surface area contributed by atoms with Gasteiger partial charge >= 0.3 is 0 Å². The van der Waals surface area contributed by atoms with Crippen LogP contribution in [0, 0.1) is 13.8 Å². The van der Waals surface area contributed by atoms with Gasteiger partial charge in [0, 0.05) is 10.6 Å². The molecule has 6 nitrogen and oxygen atoms in total. The molecule has 1 aromatic carbocycles. The van der Waals surface area contributed by atoms with Crippen LogP contribution in [0.2, 0.25) is 0 Å². The van der Waals surface area contributed by atoms with Crippen molar-refractivity contribution in [1.82, 2.24) is 9.55 Å². The van der Waals surface area contributed by atoms with Gasteiger partial charge in [0.2, 0.25) is 5.91 Å². The summed E-state index contributed by atoms with van der Waals surface area (Å²) in [6.45, 7) is 6.26. The van der Waals surface area contributed by atoms with Gasteiger partial charge in [-0.15, -0.1) is 11.3 Å². The van der Waals surface area contributed by atoms with Crippen molar-refractivity contribution < 1.29 is 9.21 Å². The van der Waals surface area contributed by atoms with Gasteiger partial charge in [-0.05, 0) is 49.6 Å². The average Bonchev–Trinajstić information content (AvgIpc) is 3.37. The molecule has 0 spiro atoms. The number of nitrogens with zero attached hydrogens (tertiary/aromatic N) is 2. The number of para-hydroxylation sites is 1. The number of rotatable bonds is 7. The zero-order valence-electron chi connectivity index (χ0n) is 17.6. The number of aromatic nitrogens is 2. The van der Waals surface area contributed by atoms with Gasteiger partial charge in [-0.2, -0.15) is 0 Å². The highest BCUT2D eigenvalue weighted by atomic mass is 32.2. The Bertz CT molecular complexity index is 1290. The number of amides is 1. The summed E-state index contributed by atoms with van der Waals surface area (Å²) in [6.07, 6.45) is 2.42. The number of benzene rings is 1. The largest absolute Gasteiger partial charge is 0.467 e. The lowest BCUT2D eigenvalue weighted by atomic mass is 10.1. The van der Waals surface area contributed by atoms with Gasteiger partial charge in [0.05, 0.1) is 23.9 Å². The molecule has 31 heavy (non-hydrogen) atoms. The molecule has 0 aliphatic heterocycles. The van der Waals surface area contributed by atoms with Crippen LogP contribution in [0.5, 0.6) is 0 Å². The number of furan rings is 1. The number of hydrogen-bond acceptors (Lipinski definition) is 6. The molecule has 0 saturated heterocycles. The molecule has 0 radical (unpaired) electrons. The number of thiophene rings is 1. The van der Waals surface area contributed by atoms with E-state index in [-0.39, 0.29) is 23.8 Å². The van der Waals surface area contributed by atoms with Crippen molar-refractivity contribution in [1.29, 1.82) is 0 Å². The molecule has 0 saturated carbocycles. The van der Waals surface area contributed by atoms with Crippen LogP contribution in [0.4, 0.5) is 5.69 Å². The first-order valence-corrected chi connectivity index (χ1v) is 11.8. The van der Waals surface area contributed by atoms with Gasteiger partial charge in [-0.1, -0.05) is 36.9 Å². The Morgan fingerprint density at radius 3 is 2.77 bits per heavy atom. The van der Waals surface area contributed by atoms with E-state index in [4.69, 9.17) is 9.40 Å². The molecule has 4 rings (SSSR count). The second-order valence-electron chi connectivity index (χ2n) is 7.18. The molecule has 160 valence electrons. The quantitative estimate of drug-likeness (QED) is 0.314. The second-order valence-corrected chi connectivity index (χ2v) is 9.32. The standard InChI is InChI=1S/C23H23N3O3S2/c1-4-16-8-5-6-10-18(16)24-19(27)13-30-23-25-21-20(14(2)15(3)31-21)22(28)26(23)12-17-9-7-11-29-17/h5-11H,4,12-13H2,1-3H3,(H,24,27). The minimum atomic E-state index is -0.136. The molecule has 0 aliphatic rings. The van der Waals surface area contributed by atoms with Crippen LogP contribution in [-0.2, 0) is 17.8 Å². The van der Waals surface area contributed by atoms with Gasteiger partial charge in [-0.3, -0.25) is 14.2 Å². The summed E-state index contributed by atoms with van der Waals surface area (Å²) in [5, 5.41) is 4.12. The van der Waals surface area contributed by atoms with E-state index in [2.05, 4.69) is 12.2 Å². The van der Waals surface area contributed by atoms with Crippen LogP contribution in [0.1, 0.15) is 28.7 Å². The number of thioether (sulfide) groups is 1. The number of carbonyl (C=O) groups excluding carboxylic acids is 1. The van der Waals surface area contributed by atoms with Crippen LogP contribution < -0.4 is 10.9 Å². The van der Waals surface area contributed by atoms with Crippen molar-refractivity contribution >= 4 is 44.9 Å². The van der Waals surface area contributed by atoms with Crippen molar-refractivity contribution in [2.75, 3.05) is 11.1 Å². The number of aryl methyl sites for hydroxylation is 3. The third kappa shape index (κ3) is 4.45. The van der Waals surface area contributed by atoms with Crippen LogP contribution in [0.15, 0.2) is 57.0 Å². The molecular formula is C23H23N3O3S2. The molecule has 0 aliphatic carbocycles. The highest BCUT2D eigenvalue weighted by molar-refractivity contribution is 7.99. The van der Waals surface area contributed by atoms with E-state index in [1.165, 1.54) is 23.1 Å². The fourth-order valence-corrected chi connectivity index (χ4v) is 5.25. The Kier molecular flexibility index (Phi) is 6.29. The van der Waals surface area contributed by atoms with Crippen molar-refractivity contribution in [3.8, 4) is 0 Å². The maximum Gasteiger partial charge on any atom is 0.263 e. The lowest BCUT2D eigenvalue weighted by Crippen LogP contribution is -2.24. The molecule has 0 fully saturated rings. The fourth-order valence-electron chi connectivity index (χ4n) is 3.38. The zero-order chi connectivity index (χ0) is 22.0. The van der Waals surface area contributed by atoms with E-state index in [0.717, 1.165) is 28.1 Å². The monoisotopic (exact) mass is 453 g/mol. The molecule has 8 heteroatoms. The highest BCUT2D eigenvalue weighted by Gasteiger charge is 2.18. The predicted molar refractivity (Wildman–Crippen MR) is 126 cm³/mol. The smallest absolute Gasteiger partial charge is 0.263 e. The highest BCUT2D eigenvalue weighted by Crippen LogP contribution is 2.29. The van der Waals surface area contributed by atoms with Crippen LogP contribution >= 0.6 is 23.1 Å². The molecule has 1 N–H and O–H groups in total. The van der Waals surface area contributed by atoms with Crippen molar-refractivity contribution in [3.63, 3.8) is 0 Å². The molecule has 0 unspecified atom stereocenters. The second kappa shape index (κ2) is 9.11. The predicted octanol–water partition coefficient (Wildman–Crippen LogP) is 5.01. The minimum Gasteiger partial charge on any atom is -0.467 e. The minimum absolute atomic E-state index is 0.109. The number of nitrogens with one attached hydrogen (secondary N) is 1. The Morgan fingerprint density at radius 2 is 2.03 bits per heavy atom. The molecule has 0 atom stereocenters. The van der Waals surface area contributed by atoms with E-state index in [1.807, 2.05) is 44.2 Å². The van der Waals surface area contributed by atoms with E-state index in [1.54, 1.807) is 16.9 Å². The first-order chi connectivity index (χ1) is 15.0. The summed E-state index contributed by atoms with van der Waals surface area (Å²) >= 11 is 2.76. The summed E-state index contributed by atoms with van der Waals surface area (Å²) in [5.41, 5.74) is 2.75. The van der Waals surface area contributed by atoms with Gasteiger partial charge in [0.25, 0.3) is 5.56 Å². The van der Waals surface area contributed by atoms with Gasteiger partial charge in [0.15, 0.2) is 5.16 Å². The van der Waals surface area contributed by atoms with E-state index >= 15 is 0 Å². The first kappa shape index (κ1) is 21.4. The summed E-state index contributed by atoms with van der Waals surface area (Å²) in [5.74, 6) is 0.677. The van der Waals surface area contributed by atoms with Crippen molar-refractivity contribution in [3.05, 3.63) is 74.8 Å². The van der Waals surface area contributed by atoms with Crippen LogP contribution in [0.3, 0.4) is 0 Å². The molecule has 3 aromatic heterocycles. The summed E-state index contributed by atoms with van der Waals surface area (Å²) in [4.78, 5) is 32.4. The summed E-state index contributed by atoms with van der Waals surface area (Å²) in [6, 6.07) is 11.4. The number of fused-ring (bicyclic) bond motifs is 1. The van der Waals surface area contributed by atoms with E-state index in [0.29, 0.717) is 21.1 Å². The maximum absolute atomic E-state index is 13.3. The van der Waals surface area contributed by atoms with Crippen LogP contribution in [0.25, 0.3) is 10.2 Å². The molecule has 0 bridgehead atoms. The SMILES string of the molecule is CCc1ccccc1NC(=O)CSc1nc2sc(C)c(C)c2c(=O)n1Cc1ccco1. The summed E-state index contributed by atoms with van der Waals surface area (Å²) < 4.78 is 7.05. The molecule has 4 aromatic rings. The maximum atomic E-state index is 13.3. The average molecular weight is 454 g/mol. The Morgan fingerprint density at radius 1 is 1.23 bits per heavy atom. The van der Waals surface area contributed by atoms with Crippen LogP contribution in [-0.4, -0.2) is 21.2 Å². The number of hydrogen-bond donors (Lipinski definition) is 1. The van der Waals surface area contributed by atoms with E-state index in [9.17, 15) is 9.59 Å². The van der Waals surface area contributed by atoms with Gasteiger partial charge in [-0.25, -0.2) is 4.98 Å². The number of carbonyl (C=O) groups is 1. The third-order valence-corrected chi connectivity index (χ3v) is 7.23. The molecule has 3 heterocycles. The van der Waals surface area contributed by atoms with Gasteiger partial charge < -0.3 is 9.73 Å². The number of anilines is 1. The Labute approximate surface area is 188 Å². The van der Waals surface area contributed by atoms with E-state index < -0.39 is 0 Å². The fraction of sp³-hybridized carbons (Fsp3) is 0.261. The lowest BCUT2D eigenvalue weighted by Gasteiger charge is -2.12. The Hall–Kier alpha value is -2.84. The first-order valence-electron chi connectivity index (χ1n) is 10.0. The summed E-state index contributed by atoms with van der Waals surface area (Å²) in [7, 11) is 0. The molecular weight excluding hydrogens is 430 g/mol. The van der Waals surface area contributed by atoms with Crippen molar-refractivity contribution in [2.45, 2.75) is 38.9 Å². The molecule has 1 amide bonds. The topological polar surface area (TPSA) is 77.1 Å². The van der Waals surface area contributed by atoms with Crippen molar-refractivity contribution in [2.24, 2.45) is 0 Å². The van der Waals surface area contributed by atoms with Gasteiger partial charge in [0.1, 0.15) is 10.6 Å². The third-order valence-electron chi connectivity index (χ3n) is 5.15. The normalized spacial score (nSPS) is 11.2. The lowest BCUT2D eigenvalue weighted by molar-refractivity contribution is -0.113.